The van der Waals surface area contributed by atoms with Crippen LogP contribution in [0.15, 0.2) is 59.5 Å². The van der Waals surface area contributed by atoms with Crippen molar-refractivity contribution in [2.45, 2.75) is 4.90 Å². The van der Waals surface area contributed by atoms with Gasteiger partial charge in [-0.1, -0.05) is 24.3 Å². The van der Waals surface area contributed by atoms with E-state index in [4.69, 9.17) is 11.5 Å². The van der Waals surface area contributed by atoms with Crippen LogP contribution in [0.25, 0.3) is 0 Å². The van der Waals surface area contributed by atoms with E-state index in [9.17, 15) is 22.6 Å². The van der Waals surface area contributed by atoms with E-state index in [2.05, 4.69) is 5.32 Å². The quantitative estimate of drug-likeness (QED) is 0.218. The van der Waals surface area contributed by atoms with Crippen molar-refractivity contribution in [2.24, 2.45) is 0 Å². The molecule has 1 aliphatic carbocycles. The van der Waals surface area contributed by atoms with Crippen LogP contribution in [0, 0.1) is 0 Å². The minimum absolute atomic E-state index is 0. The molecule has 1 aliphatic rings. The van der Waals surface area contributed by atoms with Crippen LogP contribution in [0.2, 0.25) is 0 Å². The van der Waals surface area contributed by atoms with Gasteiger partial charge in [0, 0.05) is 22.5 Å². The van der Waals surface area contributed by atoms with Gasteiger partial charge in [-0.2, -0.15) is 0 Å². The van der Waals surface area contributed by atoms with Gasteiger partial charge in [0.2, 0.25) is 0 Å². The zero-order chi connectivity index (χ0) is 20.9. The van der Waals surface area contributed by atoms with Crippen LogP contribution in [-0.2, 0) is 10.1 Å². The number of hydrogen-bond acceptors (Lipinski definition) is 8. The standard InChI is InChI=1S/C20H15N3O5S.Na/c21-10-5-7-11(8-6-10)23-14-9-15(29(26,27)28)18(22)17-16(14)19(24)12-3-1-2-4-13(12)20(17)25;/h1-9,23H,21-22H2,(H,26,27,28);/q;+1/p-1. The van der Waals surface area contributed by atoms with Crippen LogP contribution in [0.4, 0.5) is 22.7 Å². The Morgan fingerprint density at radius 1 is 0.833 bits per heavy atom. The molecule has 0 heterocycles. The molecule has 0 bridgehead atoms. The van der Waals surface area contributed by atoms with Crippen molar-refractivity contribution in [1.29, 1.82) is 0 Å². The van der Waals surface area contributed by atoms with Crippen molar-refractivity contribution in [3.63, 3.8) is 0 Å². The summed E-state index contributed by atoms with van der Waals surface area (Å²) in [5, 5.41) is 2.89. The van der Waals surface area contributed by atoms with Gasteiger partial charge >= 0.3 is 29.6 Å². The molecule has 8 nitrogen and oxygen atoms in total. The van der Waals surface area contributed by atoms with E-state index in [0.717, 1.165) is 6.07 Å². The van der Waals surface area contributed by atoms with E-state index in [1.165, 1.54) is 12.1 Å². The van der Waals surface area contributed by atoms with Gasteiger partial charge in [-0.3, -0.25) is 9.59 Å². The smallest absolute Gasteiger partial charge is 0.744 e. The van der Waals surface area contributed by atoms with Crippen molar-refractivity contribution >= 4 is 44.4 Å². The number of nitrogens with one attached hydrogen (secondary N) is 1. The third-order valence-electron chi connectivity index (χ3n) is 4.66. The number of anilines is 4. The summed E-state index contributed by atoms with van der Waals surface area (Å²) in [6.45, 7) is 0. The number of ketones is 2. The van der Waals surface area contributed by atoms with Gasteiger partial charge in [0.25, 0.3) is 0 Å². The maximum absolute atomic E-state index is 13.1. The fraction of sp³-hybridized carbons (Fsp3) is 0. The molecule has 0 aromatic heterocycles. The molecule has 0 aliphatic heterocycles. The van der Waals surface area contributed by atoms with Crippen LogP contribution in [0.3, 0.4) is 0 Å². The average Bonchev–Trinajstić information content (AvgIpc) is 2.68. The predicted octanol–water partition coefficient (Wildman–Crippen LogP) is -0.722. The normalized spacial score (nSPS) is 12.6. The number of nitrogens with two attached hydrogens (primary N) is 2. The summed E-state index contributed by atoms with van der Waals surface area (Å²) in [5.41, 5.74) is 11.8. The van der Waals surface area contributed by atoms with Crippen molar-refractivity contribution in [1.82, 2.24) is 0 Å². The molecular weight excluding hydrogens is 417 g/mol. The fourth-order valence-corrected chi connectivity index (χ4v) is 3.95. The van der Waals surface area contributed by atoms with E-state index in [0.29, 0.717) is 11.4 Å². The Morgan fingerprint density at radius 2 is 1.37 bits per heavy atom. The second-order valence-corrected chi connectivity index (χ2v) is 7.84. The third-order valence-corrected chi connectivity index (χ3v) is 5.54. The number of fused-ring (bicyclic) bond motifs is 2. The van der Waals surface area contributed by atoms with E-state index < -0.39 is 32.3 Å². The third kappa shape index (κ3) is 3.62. The first-order chi connectivity index (χ1) is 13.7. The molecule has 30 heavy (non-hydrogen) atoms. The predicted molar refractivity (Wildman–Crippen MR) is 106 cm³/mol. The summed E-state index contributed by atoms with van der Waals surface area (Å²) >= 11 is 0. The number of nitrogen functional groups attached to an aromatic ring is 2. The second kappa shape index (κ2) is 7.86. The molecule has 0 unspecified atom stereocenters. The molecule has 0 saturated heterocycles. The van der Waals surface area contributed by atoms with Crippen molar-refractivity contribution in [3.05, 3.63) is 76.9 Å². The van der Waals surface area contributed by atoms with Crippen LogP contribution in [0.1, 0.15) is 31.8 Å². The number of rotatable bonds is 3. The molecule has 3 aromatic carbocycles. The Morgan fingerprint density at radius 3 is 1.90 bits per heavy atom. The maximum atomic E-state index is 13.1. The summed E-state index contributed by atoms with van der Waals surface area (Å²) in [5.74, 6) is -1.13. The van der Waals surface area contributed by atoms with E-state index in [1.54, 1.807) is 36.4 Å². The Kier molecular flexibility index (Phi) is 5.76. The number of carbonyl (C=O) groups excluding carboxylic acids is 2. The topological polar surface area (TPSA) is 155 Å². The first-order valence-electron chi connectivity index (χ1n) is 8.42. The molecule has 0 fully saturated rings. The first kappa shape index (κ1) is 22.0. The van der Waals surface area contributed by atoms with Gasteiger partial charge in [-0.05, 0) is 30.3 Å². The van der Waals surface area contributed by atoms with E-state index in [-0.39, 0.29) is 57.5 Å². The molecular formula is C20H14N3NaO5S. The molecule has 5 N–H and O–H groups in total. The molecule has 146 valence electrons. The first-order valence-corrected chi connectivity index (χ1v) is 9.82. The maximum Gasteiger partial charge on any atom is 1.00 e. The molecule has 3 aromatic rings. The van der Waals surface area contributed by atoms with Gasteiger partial charge < -0.3 is 21.3 Å². The minimum atomic E-state index is -5.01. The van der Waals surface area contributed by atoms with E-state index >= 15 is 0 Å². The second-order valence-electron chi connectivity index (χ2n) is 6.49. The van der Waals surface area contributed by atoms with Crippen molar-refractivity contribution in [2.75, 3.05) is 16.8 Å². The van der Waals surface area contributed by atoms with Gasteiger partial charge in [0.05, 0.1) is 27.4 Å². The SMILES string of the molecule is Nc1ccc(Nc2cc(S(=O)(=O)[O-])c(N)c3c2C(=O)c2ccccc2C3=O)cc1.[Na+]. The van der Waals surface area contributed by atoms with Crippen molar-refractivity contribution in [3.8, 4) is 0 Å². The number of benzene rings is 3. The van der Waals surface area contributed by atoms with Crippen LogP contribution in [-0.4, -0.2) is 24.5 Å². The molecule has 0 spiro atoms. The van der Waals surface area contributed by atoms with E-state index in [1.807, 2.05) is 0 Å². The fourth-order valence-electron chi connectivity index (χ4n) is 3.32. The monoisotopic (exact) mass is 431 g/mol. The molecule has 0 amide bonds. The molecule has 4 rings (SSSR count). The zero-order valence-corrected chi connectivity index (χ0v) is 18.6. The number of carbonyl (C=O) groups is 2. The average molecular weight is 431 g/mol. The summed E-state index contributed by atoms with van der Waals surface area (Å²) in [4.78, 5) is 25.4. The molecule has 0 atom stereocenters. The van der Waals surface area contributed by atoms with Crippen LogP contribution < -0.4 is 46.3 Å². The Bertz CT molecular complexity index is 1300. The molecule has 0 saturated carbocycles. The van der Waals surface area contributed by atoms with Crippen LogP contribution >= 0.6 is 0 Å². The Hall–Kier alpha value is -2.69. The van der Waals surface area contributed by atoms with Crippen LogP contribution in [0.5, 0.6) is 0 Å². The van der Waals surface area contributed by atoms with Crippen molar-refractivity contribution < 1.29 is 52.1 Å². The summed E-state index contributed by atoms with van der Waals surface area (Å²) in [6, 6.07) is 13.5. The number of hydrogen-bond donors (Lipinski definition) is 3. The summed E-state index contributed by atoms with van der Waals surface area (Å²) in [6.07, 6.45) is 0. The summed E-state index contributed by atoms with van der Waals surface area (Å²) in [7, 11) is -5.01. The Labute approximate surface area is 194 Å². The van der Waals surface area contributed by atoms with Gasteiger partial charge in [0.15, 0.2) is 11.6 Å². The largest absolute Gasteiger partial charge is 1.00 e. The molecule has 10 heteroatoms. The Balaban J connectivity index is 0.00000256. The minimum Gasteiger partial charge on any atom is -0.744 e. The van der Waals surface area contributed by atoms with Gasteiger partial charge in [-0.25, -0.2) is 8.42 Å². The zero-order valence-electron chi connectivity index (χ0n) is 15.8. The summed E-state index contributed by atoms with van der Waals surface area (Å²) < 4.78 is 35.2. The van der Waals surface area contributed by atoms with Gasteiger partial charge in [-0.15, -0.1) is 0 Å². The molecule has 0 radical (unpaired) electrons. The van der Waals surface area contributed by atoms with Gasteiger partial charge in [0.1, 0.15) is 10.1 Å².